The third kappa shape index (κ3) is 3.77. The number of likely N-dealkylation sites (tertiary alicyclic amines) is 1. The molecule has 1 heterocycles. The van der Waals surface area contributed by atoms with E-state index in [1.165, 1.54) is 32.4 Å². The molecule has 0 amide bonds. The smallest absolute Gasteiger partial charge is 0.303 e. The van der Waals surface area contributed by atoms with Gasteiger partial charge in [0.1, 0.15) is 0 Å². The molecule has 0 aromatic carbocycles. The maximum atomic E-state index is 10.3. The van der Waals surface area contributed by atoms with Gasteiger partial charge >= 0.3 is 5.97 Å². The van der Waals surface area contributed by atoms with Crippen LogP contribution in [0.5, 0.6) is 0 Å². The van der Waals surface area contributed by atoms with Gasteiger partial charge in [-0.3, -0.25) is 4.79 Å². The van der Waals surface area contributed by atoms with Gasteiger partial charge in [-0.2, -0.15) is 0 Å². The molecule has 1 aliphatic rings. The zero-order valence-electron chi connectivity index (χ0n) is 8.46. The van der Waals surface area contributed by atoms with Gasteiger partial charge in [0, 0.05) is 6.42 Å². The minimum Gasteiger partial charge on any atom is -0.481 e. The molecular formula is C10H20NO2+. The van der Waals surface area contributed by atoms with Gasteiger partial charge in [0.25, 0.3) is 0 Å². The predicted octanol–water partition coefficient (Wildman–Crippen LogP) is 1.48. The third-order valence-electron chi connectivity index (χ3n) is 2.98. The van der Waals surface area contributed by atoms with Gasteiger partial charge in [-0.1, -0.05) is 0 Å². The standard InChI is InChI=1S/C10H19NO2/c1-11(7-3-2-4-8-11)9-5-6-10(12)13/h2-9H2,1H3/p+1. The summed E-state index contributed by atoms with van der Waals surface area (Å²) < 4.78 is 1.09. The SMILES string of the molecule is C[N+]1(CCCC(=O)O)CCCCC1. The molecule has 13 heavy (non-hydrogen) atoms. The van der Waals surface area contributed by atoms with Crippen molar-refractivity contribution < 1.29 is 14.4 Å². The molecule has 1 aliphatic heterocycles. The van der Waals surface area contributed by atoms with Crippen molar-refractivity contribution in [1.29, 1.82) is 0 Å². The van der Waals surface area contributed by atoms with Crippen LogP contribution in [-0.2, 0) is 4.79 Å². The van der Waals surface area contributed by atoms with E-state index in [4.69, 9.17) is 5.11 Å². The number of aliphatic carboxylic acids is 1. The molecule has 1 saturated heterocycles. The fourth-order valence-corrected chi connectivity index (χ4v) is 2.11. The van der Waals surface area contributed by atoms with Gasteiger partial charge in [-0.05, 0) is 19.3 Å². The van der Waals surface area contributed by atoms with Crippen LogP contribution in [-0.4, -0.2) is 42.2 Å². The first-order chi connectivity index (χ1) is 6.12. The number of carbonyl (C=O) groups is 1. The Morgan fingerprint density at radius 2 is 1.92 bits per heavy atom. The maximum Gasteiger partial charge on any atom is 0.303 e. The lowest BCUT2D eigenvalue weighted by Gasteiger charge is -2.37. The second-order valence-corrected chi connectivity index (χ2v) is 4.35. The summed E-state index contributed by atoms with van der Waals surface area (Å²) in [5.41, 5.74) is 0. The minimum absolute atomic E-state index is 0.327. The number of nitrogens with zero attached hydrogens (tertiary/aromatic N) is 1. The molecule has 76 valence electrons. The molecule has 1 N–H and O–H groups in total. The lowest BCUT2D eigenvalue weighted by Crippen LogP contribution is -2.48. The first-order valence-corrected chi connectivity index (χ1v) is 5.18. The Labute approximate surface area is 79.9 Å². The summed E-state index contributed by atoms with van der Waals surface area (Å²) in [7, 11) is 2.25. The molecule has 1 fully saturated rings. The Morgan fingerprint density at radius 1 is 1.31 bits per heavy atom. The van der Waals surface area contributed by atoms with Crippen molar-refractivity contribution in [3.05, 3.63) is 0 Å². The summed E-state index contributed by atoms with van der Waals surface area (Å²) >= 11 is 0. The second-order valence-electron chi connectivity index (χ2n) is 4.35. The van der Waals surface area contributed by atoms with Gasteiger partial charge in [0.2, 0.25) is 0 Å². The van der Waals surface area contributed by atoms with Gasteiger partial charge in [-0.15, -0.1) is 0 Å². The van der Waals surface area contributed by atoms with Crippen molar-refractivity contribution in [3.8, 4) is 0 Å². The van der Waals surface area contributed by atoms with E-state index < -0.39 is 5.97 Å². The van der Waals surface area contributed by atoms with Crippen molar-refractivity contribution in [1.82, 2.24) is 0 Å². The zero-order chi connectivity index (χ0) is 9.73. The Bertz CT molecular complexity index is 174. The van der Waals surface area contributed by atoms with Crippen LogP contribution in [0.15, 0.2) is 0 Å². The highest BCUT2D eigenvalue weighted by atomic mass is 16.4. The minimum atomic E-state index is -0.663. The van der Waals surface area contributed by atoms with E-state index in [2.05, 4.69) is 7.05 Å². The van der Waals surface area contributed by atoms with Crippen LogP contribution in [0, 0.1) is 0 Å². The predicted molar refractivity (Wildman–Crippen MR) is 51.5 cm³/mol. The first-order valence-electron chi connectivity index (χ1n) is 5.18. The van der Waals surface area contributed by atoms with Crippen LogP contribution < -0.4 is 0 Å². The lowest BCUT2D eigenvalue weighted by atomic mass is 10.1. The van der Waals surface area contributed by atoms with Crippen molar-refractivity contribution in [2.24, 2.45) is 0 Å². The molecule has 0 saturated carbocycles. The van der Waals surface area contributed by atoms with Crippen molar-refractivity contribution >= 4 is 5.97 Å². The van der Waals surface area contributed by atoms with Crippen LogP contribution in [0.4, 0.5) is 0 Å². The summed E-state index contributed by atoms with van der Waals surface area (Å²) in [4.78, 5) is 10.3. The number of rotatable bonds is 4. The van der Waals surface area contributed by atoms with Crippen molar-refractivity contribution in [3.63, 3.8) is 0 Å². The van der Waals surface area contributed by atoms with E-state index in [1.807, 2.05) is 0 Å². The molecule has 0 unspecified atom stereocenters. The monoisotopic (exact) mass is 186 g/mol. The normalized spacial score (nSPS) is 21.3. The Kier molecular flexibility index (Phi) is 3.72. The Morgan fingerprint density at radius 3 is 2.46 bits per heavy atom. The molecule has 0 radical (unpaired) electrons. The number of hydrogen-bond donors (Lipinski definition) is 1. The van der Waals surface area contributed by atoms with Crippen LogP contribution in [0.25, 0.3) is 0 Å². The molecule has 0 aliphatic carbocycles. The number of piperidine rings is 1. The third-order valence-corrected chi connectivity index (χ3v) is 2.98. The second kappa shape index (κ2) is 4.61. The van der Waals surface area contributed by atoms with Gasteiger partial charge in [-0.25, -0.2) is 0 Å². The van der Waals surface area contributed by atoms with E-state index in [0.717, 1.165) is 17.4 Å². The van der Waals surface area contributed by atoms with Gasteiger partial charge in [0.05, 0.1) is 33.1 Å². The van der Waals surface area contributed by atoms with Crippen molar-refractivity contribution in [2.75, 3.05) is 26.7 Å². The summed E-state index contributed by atoms with van der Waals surface area (Å²) in [6.45, 7) is 3.51. The van der Waals surface area contributed by atoms with Crippen LogP contribution in [0.2, 0.25) is 0 Å². The van der Waals surface area contributed by atoms with E-state index >= 15 is 0 Å². The number of hydrogen-bond acceptors (Lipinski definition) is 1. The van der Waals surface area contributed by atoms with Crippen molar-refractivity contribution in [2.45, 2.75) is 32.1 Å². The van der Waals surface area contributed by atoms with Gasteiger partial charge in [0.15, 0.2) is 0 Å². The number of carboxylic acid groups (broad SMARTS) is 1. The maximum absolute atomic E-state index is 10.3. The van der Waals surface area contributed by atoms with Gasteiger partial charge < -0.3 is 9.59 Å². The molecule has 0 aromatic heterocycles. The fraction of sp³-hybridized carbons (Fsp3) is 0.900. The number of carboxylic acids is 1. The molecule has 0 spiro atoms. The summed E-state index contributed by atoms with van der Waals surface area (Å²) in [6.07, 6.45) is 5.12. The molecule has 0 bridgehead atoms. The molecule has 3 nitrogen and oxygen atoms in total. The lowest BCUT2D eigenvalue weighted by molar-refractivity contribution is -0.914. The summed E-state index contributed by atoms with van der Waals surface area (Å²) in [6, 6.07) is 0. The highest BCUT2D eigenvalue weighted by molar-refractivity contribution is 5.66. The quantitative estimate of drug-likeness (QED) is 0.675. The summed E-state index contributed by atoms with van der Waals surface area (Å²) in [5.74, 6) is -0.663. The van der Waals surface area contributed by atoms with E-state index in [9.17, 15) is 4.79 Å². The Hall–Kier alpha value is -0.570. The molecule has 3 heteroatoms. The highest BCUT2D eigenvalue weighted by Crippen LogP contribution is 2.16. The average Bonchev–Trinajstić information content (AvgIpc) is 2.04. The van der Waals surface area contributed by atoms with Crippen LogP contribution in [0.3, 0.4) is 0 Å². The average molecular weight is 186 g/mol. The molecule has 1 rings (SSSR count). The Balaban J connectivity index is 2.21. The number of quaternary nitrogens is 1. The summed E-state index contributed by atoms with van der Waals surface area (Å²) in [5, 5.41) is 8.52. The van der Waals surface area contributed by atoms with E-state index in [1.54, 1.807) is 0 Å². The largest absolute Gasteiger partial charge is 0.481 e. The zero-order valence-corrected chi connectivity index (χ0v) is 8.46. The van der Waals surface area contributed by atoms with Crippen LogP contribution >= 0.6 is 0 Å². The molecular weight excluding hydrogens is 166 g/mol. The topological polar surface area (TPSA) is 37.3 Å². The highest BCUT2D eigenvalue weighted by Gasteiger charge is 2.23. The first kappa shape index (κ1) is 10.5. The molecule has 0 aromatic rings. The van der Waals surface area contributed by atoms with E-state index in [0.29, 0.717) is 6.42 Å². The van der Waals surface area contributed by atoms with Crippen LogP contribution in [0.1, 0.15) is 32.1 Å². The molecule has 0 atom stereocenters. The fourth-order valence-electron chi connectivity index (χ4n) is 2.11. The van der Waals surface area contributed by atoms with E-state index in [-0.39, 0.29) is 0 Å².